The molecule has 2 aromatic rings. The Morgan fingerprint density at radius 3 is 2.62 bits per heavy atom. The SMILES string of the molecule is COc1ccc(/C=N\NC(=O)c2ccccc2N)cc1OC(C)C. The first-order valence-corrected chi connectivity index (χ1v) is 7.54. The number of ether oxygens (including phenoxy) is 2. The Bertz CT molecular complexity index is 742. The van der Waals surface area contributed by atoms with Crippen LogP contribution in [0.5, 0.6) is 11.5 Å². The van der Waals surface area contributed by atoms with Gasteiger partial charge in [-0.05, 0) is 49.7 Å². The van der Waals surface area contributed by atoms with Gasteiger partial charge in [-0.1, -0.05) is 12.1 Å². The molecule has 126 valence electrons. The second-order valence-corrected chi connectivity index (χ2v) is 5.36. The zero-order chi connectivity index (χ0) is 17.5. The first-order chi connectivity index (χ1) is 11.5. The molecule has 0 saturated carbocycles. The van der Waals surface area contributed by atoms with Crippen LogP contribution in [0.25, 0.3) is 0 Å². The first-order valence-electron chi connectivity index (χ1n) is 7.54. The van der Waals surface area contributed by atoms with Crippen LogP contribution in [-0.4, -0.2) is 25.3 Å². The molecule has 0 unspecified atom stereocenters. The van der Waals surface area contributed by atoms with Gasteiger partial charge in [-0.3, -0.25) is 4.79 Å². The summed E-state index contributed by atoms with van der Waals surface area (Å²) in [4.78, 5) is 12.0. The van der Waals surface area contributed by atoms with Crippen molar-refractivity contribution in [1.29, 1.82) is 0 Å². The van der Waals surface area contributed by atoms with Crippen LogP contribution in [0, 0.1) is 0 Å². The number of para-hydroxylation sites is 1. The number of hydrogen-bond acceptors (Lipinski definition) is 5. The molecule has 24 heavy (non-hydrogen) atoms. The molecule has 0 aromatic heterocycles. The van der Waals surface area contributed by atoms with E-state index in [4.69, 9.17) is 15.2 Å². The number of anilines is 1. The average molecular weight is 327 g/mol. The zero-order valence-electron chi connectivity index (χ0n) is 13.9. The molecule has 0 atom stereocenters. The number of benzene rings is 2. The highest BCUT2D eigenvalue weighted by Crippen LogP contribution is 2.28. The van der Waals surface area contributed by atoms with Crippen molar-refractivity contribution in [3.05, 3.63) is 53.6 Å². The molecule has 0 aliphatic rings. The fourth-order valence-corrected chi connectivity index (χ4v) is 2.05. The Hall–Kier alpha value is -3.02. The molecule has 0 fully saturated rings. The normalized spacial score (nSPS) is 10.8. The van der Waals surface area contributed by atoms with E-state index in [9.17, 15) is 4.79 Å². The van der Waals surface area contributed by atoms with Crippen molar-refractivity contribution < 1.29 is 14.3 Å². The Morgan fingerprint density at radius 2 is 1.96 bits per heavy atom. The number of carbonyl (C=O) groups is 1. The molecule has 0 bridgehead atoms. The van der Waals surface area contributed by atoms with Gasteiger partial charge in [-0.25, -0.2) is 5.43 Å². The summed E-state index contributed by atoms with van der Waals surface area (Å²) >= 11 is 0. The molecule has 0 heterocycles. The highest BCUT2D eigenvalue weighted by molar-refractivity contribution is 5.99. The second-order valence-electron chi connectivity index (χ2n) is 5.36. The lowest BCUT2D eigenvalue weighted by Crippen LogP contribution is -2.19. The van der Waals surface area contributed by atoms with Gasteiger partial charge in [0.25, 0.3) is 5.91 Å². The summed E-state index contributed by atoms with van der Waals surface area (Å²) < 4.78 is 11.0. The predicted molar refractivity (Wildman–Crippen MR) is 94.7 cm³/mol. The summed E-state index contributed by atoms with van der Waals surface area (Å²) in [7, 11) is 1.58. The molecule has 1 amide bonds. The maximum Gasteiger partial charge on any atom is 0.273 e. The van der Waals surface area contributed by atoms with Crippen LogP contribution in [0.4, 0.5) is 5.69 Å². The largest absolute Gasteiger partial charge is 0.493 e. The summed E-state index contributed by atoms with van der Waals surface area (Å²) in [6.45, 7) is 3.87. The van der Waals surface area contributed by atoms with Gasteiger partial charge in [0.1, 0.15) is 0 Å². The number of nitrogen functional groups attached to an aromatic ring is 1. The van der Waals surface area contributed by atoms with Crippen LogP contribution < -0.4 is 20.6 Å². The van der Waals surface area contributed by atoms with Crippen molar-refractivity contribution >= 4 is 17.8 Å². The van der Waals surface area contributed by atoms with Gasteiger partial charge < -0.3 is 15.2 Å². The number of amides is 1. The Morgan fingerprint density at radius 1 is 1.21 bits per heavy atom. The summed E-state index contributed by atoms with van der Waals surface area (Å²) in [5.74, 6) is 0.897. The Kier molecular flexibility index (Phi) is 5.78. The van der Waals surface area contributed by atoms with Crippen molar-refractivity contribution in [1.82, 2.24) is 5.43 Å². The molecule has 2 rings (SSSR count). The lowest BCUT2D eigenvalue weighted by molar-refractivity contribution is 0.0956. The smallest absolute Gasteiger partial charge is 0.273 e. The van der Waals surface area contributed by atoms with E-state index in [1.807, 2.05) is 19.9 Å². The Balaban J connectivity index is 2.09. The van der Waals surface area contributed by atoms with E-state index >= 15 is 0 Å². The molecule has 0 spiro atoms. The Labute approximate surface area is 141 Å². The van der Waals surface area contributed by atoms with Crippen molar-refractivity contribution in [3.63, 3.8) is 0 Å². The van der Waals surface area contributed by atoms with E-state index in [1.165, 1.54) is 6.21 Å². The molecular formula is C18H21N3O3. The molecule has 0 radical (unpaired) electrons. The highest BCUT2D eigenvalue weighted by Gasteiger charge is 2.08. The summed E-state index contributed by atoms with van der Waals surface area (Å²) in [6, 6.07) is 12.2. The van der Waals surface area contributed by atoms with Gasteiger partial charge in [0.15, 0.2) is 11.5 Å². The number of nitrogens with one attached hydrogen (secondary N) is 1. The van der Waals surface area contributed by atoms with Crippen LogP contribution in [0.1, 0.15) is 29.8 Å². The molecular weight excluding hydrogens is 306 g/mol. The number of nitrogens with two attached hydrogens (primary N) is 1. The topological polar surface area (TPSA) is 85.9 Å². The van der Waals surface area contributed by atoms with E-state index in [2.05, 4.69) is 10.5 Å². The standard InChI is InChI=1S/C18H21N3O3/c1-12(2)24-17-10-13(8-9-16(17)23-3)11-20-21-18(22)14-6-4-5-7-15(14)19/h4-12H,19H2,1-3H3,(H,21,22)/b20-11-. The lowest BCUT2D eigenvalue weighted by atomic mass is 10.2. The quantitative estimate of drug-likeness (QED) is 0.485. The first kappa shape index (κ1) is 17.3. The fourth-order valence-electron chi connectivity index (χ4n) is 2.05. The minimum Gasteiger partial charge on any atom is -0.493 e. The molecule has 6 heteroatoms. The highest BCUT2D eigenvalue weighted by atomic mass is 16.5. The number of rotatable bonds is 6. The van der Waals surface area contributed by atoms with Crippen LogP contribution in [0.15, 0.2) is 47.6 Å². The van der Waals surface area contributed by atoms with Gasteiger partial charge in [-0.2, -0.15) is 5.10 Å². The van der Waals surface area contributed by atoms with Gasteiger partial charge in [0, 0.05) is 5.69 Å². The third kappa shape index (κ3) is 4.49. The maximum atomic E-state index is 12.0. The third-order valence-corrected chi connectivity index (χ3v) is 3.14. The van der Waals surface area contributed by atoms with E-state index < -0.39 is 0 Å². The maximum absolute atomic E-state index is 12.0. The predicted octanol–water partition coefficient (Wildman–Crippen LogP) is 2.83. The summed E-state index contributed by atoms with van der Waals surface area (Å²) in [5.41, 5.74) is 9.77. The zero-order valence-corrected chi connectivity index (χ0v) is 13.9. The van der Waals surface area contributed by atoms with Crippen LogP contribution in [0.3, 0.4) is 0 Å². The van der Waals surface area contributed by atoms with Crippen LogP contribution >= 0.6 is 0 Å². The van der Waals surface area contributed by atoms with Crippen molar-refractivity contribution in [2.75, 3.05) is 12.8 Å². The molecule has 3 N–H and O–H groups in total. The van der Waals surface area contributed by atoms with Gasteiger partial charge in [0.05, 0.1) is 25.0 Å². The fraction of sp³-hybridized carbons (Fsp3) is 0.222. The number of hydrazone groups is 1. The number of nitrogens with zero attached hydrogens (tertiary/aromatic N) is 1. The van der Waals surface area contributed by atoms with Crippen molar-refractivity contribution in [3.8, 4) is 11.5 Å². The van der Waals surface area contributed by atoms with E-state index in [0.717, 1.165) is 5.56 Å². The number of hydrogen-bond donors (Lipinski definition) is 2. The van der Waals surface area contributed by atoms with Gasteiger partial charge >= 0.3 is 0 Å². The number of methoxy groups -OCH3 is 1. The second kappa shape index (κ2) is 8.01. The van der Waals surface area contributed by atoms with Gasteiger partial charge in [-0.15, -0.1) is 0 Å². The third-order valence-electron chi connectivity index (χ3n) is 3.14. The lowest BCUT2D eigenvalue weighted by Gasteiger charge is -2.13. The van der Waals surface area contributed by atoms with E-state index in [1.54, 1.807) is 43.5 Å². The molecule has 0 saturated heterocycles. The van der Waals surface area contributed by atoms with E-state index in [-0.39, 0.29) is 12.0 Å². The molecule has 0 aliphatic heterocycles. The monoisotopic (exact) mass is 327 g/mol. The minimum atomic E-state index is -0.364. The van der Waals surface area contributed by atoms with Crippen molar-refractivity contribution in [2.45, 2.75) is 20.0 Å². The van der Waals surface area contributed by atoms with E-state index in [0.29, 0.717) is 22.7 Å². The number of carbonyl (C=O) groups excluding carboxylic acids is 1. The minimum absolute atomic E-state index is 0.0202. The van der Waals surface area contributed by atoms with Crippen LogP contribution in [-0.2, 0) is 0 Å². The molecule has 2 aromatic carbocycles. The van der Waals surface area contributed by atoms with Crippen LogP contribution in [0.2, 0.25) is 0 Å². The molecule has 0 aliphatic carbocycles. The van der Waals surface area contributed by atoms with Crippen molar-refractivity contribution in [2.24, 2.45) is 5.10 Å². The average Bonchev–Trinajstić information content (AvgIpc) is 2.55. The summed E-state index contributed by atoms with van der Waals surface area (Å²) in [5, 5.41) is 3.96. The van der Waals surface area contributed by atoms with Gasteiger partial charge in [0.2, 0.25) is 0 Å². The summed E-state index contributed by atoms with van der Waals surface area (Å²) in [6.07, 6.45) is 1.55. The molecule has 6 nitrogen and oxygen atoms in total.